The minimum Gasteiger partial charge on any atom is -0.432 e. The second-order valence-electron chi connectivity index (χ2n) is 4.81. The Morgan fingerprint density at radius 2 is 1.71 bits per heavy atom. The number of ether oxygens (including phenoxy) is 2. The Labute approximate surface area is 155 Å². The van der Waals surface area contributed by atoms with Crippen LogP contribution in [-0.2, 0) is 4.74 Å². The van der Waals surface area contributed by atoms with Gasteiger partial charge in [-0.3, -0.25) is 0 Å². The predicted molar refractivity (Wildman–Crippen MR) is 97.8 cm³/mol. The molecule has 0 aliphatic rings. The molecule has 0 saturated heterocycles. The molecule has 0 bridgehead atoms. The second-order valence-corrected chi connectivity index (χ2v) is 6.07. The maximum absolute atomic E-state index is 11.8. The smallest absolute Gasteiger partial charge is 0.432 e. The third-order valence-corrected chi connectivity index (χ3v) is 4.01. The van der Waals surface area contributed by atoms with Crippen LogP contribution < -0.4 is 9.64 Å². The second kappa shape index (κ2) is 9.02. The fourth-order valence-electron chi connectivity index (χ4n) is 2.09. The topological polar surface area (TPSA) is 38.8 Å². The van der Waals surface area contributed by atoms with Gasteiger partial charge in [-0.2, -0.15) is 0 Å². The summed E-state index contributed by atoms with van der Waals surface area (Å²) >= 11 is 17.7. The molecule has 0 unspecified atom stereocenters. The van der Waals surface area contributed by atoms with Crippen LogP contribution in [0.5, 0.6) is 5.75 Å². The summed E-state index contributed by atoms with van der Waals surface area (Å²) in [5.74, 6) is 0.0307. The molecule has 4 nitrogen and oxygen atoms in total. The highest BCUT2D eigenvalue weighted by molar-refractivity contribution is 6.40. The molecule has 0 aromatic heterocycles. The maximum Gasteiger partial charge on any atom is 0.514 e. The molecule has 0 aliphatic carbocycles. The molecule has 0 heterocycles. The molecule has 7 heteroatoms. The van der Waals surface area contributed by atoms with Crippen LogP contribution in [-0.4, -0.2) is 25.9 Å². The molecule has 0 amide bonds. The van der Waals surface area contributed by atoms with Crippen LogP contribution >= 0.6 is 34.8 Å². The zero-order chi connectivity index (χ0) is 17.5. The number of rotatable bonds is 6. The van der Waals surface area contributed by atoms with Crippen LogP contribution in [0, 0.1) is 0 Å². The van der Waals surface area contributed by atoms with Gasteiger partial charge in [0.2, 0.25) is 0 Å². The van der Waals surface area contributed by atoms with E-state index in [1.54, 1.807) is 0 Å². The summed E-state index contributed by atoms with van der Waals surface area (Å²) in [5, 5.41) is 0.639. The van der Waals surface area contributed by atoms with Crippen molar-refractivity contribution < 1.29 is 14.3 Å². The van der Waals surface area contributed by atoms with Crippen LogP contribution in [0.2, 0.25) is 15.1 Å². The van der Waals surface area contributed by atoms with Gasteiger partial charge >= 0.3 is 6.16 Å². The van der Waals surface area contributed by atoms with Crippen LogP contribution in [0.1, 0.15) is 6.92 Å². The van der Waals surface area contributed by atoms with Crippen LogP contribution in [0.15, 0.2) is 42.5 Å². The summed E-state index contributed by atoms with van der Waals surface area (Å²) in [6.07, 6.45) is -0.870. The monoisotopic (exact) mass is 387 g/mol. The molecule has 24 heavy (non-hydrogen) atoms. The maximum atomic E-state index is 11.8. The Morgan fingerprint density at radius 3 is 2.29 bits per heavy atom. The van der Waals surface area contributed by atoms with E-state index >= 15 is 0 Å². The molecular weight excluding hydrogens is 373 g/mol. The number of carbonyl (C=O) groups is 1. The van der Waals surface area contributed by atoms with E-state index in [9.17, 15) is 4.79 Å². The number of hydrogen-bond acceptors (Lipinski definition) is 4. The quantitative estimate of drug-likeness (QED) is 0.471. The summed E-state index contributed by atoms with van der Waals surface area (Å²) in [4.78, 5) is 13.9. The normalized spacial score (nSPS) is 10.3. The molecule has 0 aliphatic heterocycles. The average molecular weight is 389 g/mol. The van der Waals surface area contributed by atoms with Gasteiger partial charge in [-0.25, -0.2) is 4.79 Å². The molecule has 128 valence electrons. The largest absolute Gasteiger partial charge is 0.514 e. The third-order valence-electron chi connectivity index (χ3n) is 3.23. The number of halogens is 3. The van der Waals surface area contributed by atoms with Gasteiger partial charge in [0, 0.05) is 17.3 Å². The lowest BCUT2D eigenvalue weighted by Crippen LogP contribution is -2.28. The van der Waals surface area contributed by atoms with E-state index in [1.165, 1.54) is 12.1 Å². The minimum absolute atomic E-state index is 0.0307. The number of nitrogens with zero attached hydrogens (tertiary/aromatic N) is 1. The summed E-state index contributed by atoms with van der Waals surface area (Å²) in [5.41, 5.74) is 1.06. The van der Waals surface area contributed by atoms with Gasteiger partial charge in [0.05, 0.1) is 16.6 Å². The lowest BCUT2D eigenvalue weighted by Gasteiger charge is -2.22. The van der Waals surface area contributed by atoms with Gasteiger partial charge in [0.15, 0.2) is 5.75 Å². The molecule has 0 fully saturated rings. The SMILES string of the molecule is CCN(CCOC(=O)Oc1c(Cl)cc(Cl)cc1Cl)c1ccccc1. The van der Waals surface area contributed by atoms with Crippen molar-refractivity contribution in [2.45, 2.75) is 6.92 Å². The van der Waals surface area contributed by atoms with E-state index in [0.29, 0.717) is 11.6 Å². The molecule has 2 aromatic rings. The van der Waals surface area contributed by atoms with Crippen molar-refractivity contribution in [3.05, 3.63) is 57.5 Å². The van der Waals surface area contributed by atoms with E-state index in [2.05, 4.69) is 4.90 Å². The number of hydrogen-bond donors (Lipinski definition) is 0. The zero-order valence-corrected chi connectivity index (χ0v) is 15.2. The van der Waals surface area contributed by atoms with Crippen molar-refractivity contribution in [3.8, 4) is 5.75 Å². The highest BCUT2D eigenvalue weighted by atomic mass is 35.5. The van der Waals surface area contributed by atoms with Crippen molar-refractivity contribution in [1.82, 2.24) is 0 Å². The number of para-hydroxylation sites is 1. The summed E-state index contributed by atoms with van der Waals surface area (Å²) in [6.45, 7) is 3.53. The van der Waals surface area contributed by atoms with Crippen molar-refractivity contribution in [3.63, 3.8) is 0 Å². The van der Waals surface area contributed by atoms with Crippen LogP contribution in [0.25, 0.3) is 0 Å². The lowest BCUT2D eigenvalue weighted by molar-refractivity contribution is 0.101. The predicted octanol–water partition coefficient (Wildman–Crippen LogP) is 5.69. The Hall–Kier alpha value is -1.62. The fraction of sp³-hybridized carbons (Fsp3) is 0.235. The molecular formula is C17H16Cl3NO3. The minimum atomic E-state index is -0.870. The summed E-state index contributed by atoms with van der Waals surface area (Å²) in [7, 11) is 0. The van der Waals surface area contributed by atoms with Crippen molar-refractivity contribution in [2.75, 3.05) is 24.6 Å². The molecule has 0 saturated carbocycles. The lowest BCUT2D eigenvalue weighted by atomic mass is 10.3. The first-order valence-corrected chi connectivity index (χ1v) is 8.43. The Bertz CT molecular complexity index is 672. The van der Waals surface area contributed by atoms with Gasteiger partial charge in [0.1, 0.15) is 6.61 Å². The number of likely N-dealkylation sites (N-methyl/N-ethyl adjacent to an activating group) is 1. The standard InChI is InChI=1S/C17H16Cl3NO3/c1-2-21(13-6-4-3-5-7-13)8-9-23-17(22)24-16-14(19)10-12(18)11-15(16)20/h3-7,10-11H,2,8-9H2,1H3. The van der Waals surface area contributed by atoms with E-state index in [-0.39, 0.29) is 22.4 Å². The summed E-state index contributed by atoms with van der Waals surface area (Å²) in [6, 6.07) is 12.7. The first-order valence-electron chi connectivity index (χ1n) is 7.30. The average Bonchev–Trinajstić information content (AvgIpc) is 2.56. The summed E-state index contributed by atoms with van der Waals surface area (Å²) < 4.78 is 10.1. The highest BCUT2D eigenvalue weighted by Crippen LogP contribution is 2.35. The van der Waals surface area contributed by atoms with Crippen LogP contribution in [0.4, 0.5) is 10.5 Å². The highest BCUT2D eigenvalue weighted by Gasteiger charge is 2.15. The van der Waals surface area contributed by atoms with Gasteiger partial charge in [-0.05, 0) is 31.2 Å². The molecule has 0 radical (unpaired) electrons. The first kappa shape index (κ1) is 18.7. The van der Waals surface area contributed by atoms with Gasteiger partial charge in [-0.15, -0.1) is 0 Å². The first-order chi connectivity index (χ1) is 11.5. The van der Waals surface area contributed by atoms with Crippen molar-refractivity contribution >= 4 is 46.6 Å². The van der Waals surface area contributed by atoms with E-state index in [1.807, 2.05) is 37.3 Å². The van der Waals surface area contributed by atoms with E-state index in [4.69, 9.17) is 44.3 Å². The zero-order valence-electron chi connectivity index (χ0n) is 13.0. The number of carbonyl (C=O) groups excluding carboxylic acids is 1. The fourth-order valence-corrected chi connectivity index (χ4v) is 2.98. The van der Waals surface area contributed by atoms with Crippen LogP contribution in [0.3, 0.4) is 0 Å². The van der Waals surface area contributed by atoms with Gasteiger partial charge < -0.3 is 14.4 Å². The third kappa shape index (κ3) is 5.20. The van der Waals surface area contributed by atoms with E-state index < -0.39 is 6.16 Å². The molecule has 2 aromatic carbocycles. The Balaban J connectivity index is 1.87. The van der Waals surface area contributed by atoms with Crippen molar-refractivity contribution in [1.29, 1.82) is 0 Å². The Kier molecular flexibility index (Phi) is 7.03. The number of benzene rings is 2. The Morgan fingerprint density at radius 1 is 1.08 bits per heavy atom. The molecule has 0 atom stereocenters. The van der Waals surface area contributed by atoms with Crippen molar-refractivity contribution in [2.24, 2.45) is 0 Å². The van der Waals surface area contributed by atoms with Gasteiger partial charge in [0.25, 0.3) is 0 Å². The van der Waals surface area contributed by atoms with E-state index in [0.717, 1.165) is 12.2 Å². The molecule has 0 N–H and O–H groups in total. The molecule has 0 spiro atoms. The van der Waals surface area contributed by atoms with Gasteiger partial charge in [-0.1, -0.05) is 53.0 Å². The number of anilines is 1. The molecule has 2 rings (SSSR count).